The fourth-order valence-electron chi connectivity index (χ4n) is 3.00. The lowest BCUT2D eigenvalue weighted by molar-refractivity contribution is -0.117. The summed E-state index contributed by atoms with van der Waals surface area (Å²) in [4.78, 5) is 22.4. The zero-order valence-corrected chi connectivity index (χ0v) is 16.0. The number of hydrogen-bond donors (Lipinski definition) is 1. The zero-order valence-electron chi connectivity index (χ0n) is 14.5. The average molecular weight is 400 g/mol. The van der Waals surface area contributed by atoms with E-state index in [1.54, 1.807) is 12.4 Å². The Morgan fingerprint density at radius 2 is 2.04 bits per heavy atom. The summed E-state index contributed by atoms with van der Waals surface area (Å²) >= 11 is 7.40. The van der Waals surface area contributed by atoms with E-state index < -0.39 is 0 Å². The minimum atomic E-state index is -0.160. The summed E-state index contributed by atoms with van der Waals surface area (Å²) in [6.07, 6.45) is 6.65. The lowest BCUT2D eigenvalue weighted by Gasteiger charge is -2.10. The molecule has 0 radical (unpaired) electrons. The van der Waals surface area contributed by atoms with E-state index in [4.69, 9.17) is 16.4 Å². The van der Waals surface area contributed by atoms with Crippen molar-refractivity contribution in [3.8, 4) is 11.1 Å². The number of nitrogens with zero attached hydrogens (tertiary/aromatic N) is 2. The number of nitrogens with one attached hydrogen (secondary N) is 1. The van der Waals surface area contributed by atoms with Gasteiger partial charge >= 0.3 is 0 Å². The van der Waals surface area contributed by atoms with E-state index in [9.17, 15) is 4.79 Å². The van der Waals surface area contributed by atoms with Crippen molar-refractivity contribution in [2.75, 3.05) is 6.54 Å². The molecule has 7 heteroatoms. The summed E-state index contributed by atoms with van der Waals surface area (Å²) in [5.74, 6) is -0.0973. The highest BCUT2D eigenvalue weighted by molar-refractivity contribution is 8.05. The first kappa shape index (κ1) is 18.1. The number of thioether (sulfide) groups is 1. The van der Waals surface area contributed by atoms with Crippen LogP contribution in [0.15, 0.2) is 64.9 Å². The molecule has 0 bridgehead atoms. The minimum absolute atomic E-state index is 0.0453. The first-order chi connectivity index (χ1) is 13.2. The fraction of sp³-hybridized carbons (Fsp3) is 0.250. The maximum Gasteiger partial charge on any atom is 0.257 e. The van der Waals surface area contributed by atoms with E-state index in [1.165, 1.54) is 11.8 Å². The van der Waals surface area contributed by atoms with Gasteiger partial charge in [0.2, 0.25) is 0 Å². The first-order valence-electron chi connectivity index (χ1n) is 8.71. The van der Waals surface area contributed by atoms with E-state index in [0.717, 1.165) is 28.8 Å². The van der Waals surface area contributed by atoms with Crippen LogP contribution in [0.5, 0.6) is 0 Å². The van der Waals surface area contributed by atoms with Crippen molar-refractivity contribution >= 4 is 35.0 Å². The molecule has 5 nitrogen and oxygen atoms in total. The molecule has 2 aromatic rings. The van der Waals surface area contributed by atoms with Gasteiger partial charge in [0.15, 0.2) is 0 Å². The second kappa shape index (κ2) is 8.15. The summed E-state index contributed by atoms with van der Waals surface area (Å²) in [7, 11) is 0. The minimum Gasteiger partial charge on any atom is -0.390 e. The summed E-state index contributed by atoms with van der Waals surface area (Å²) in [6.45, 7) is 0.417. The number of benzene rings is 1. The van der Waals surface area contributed by atoms with Crippen LogP contribution in [0.2, 0.25) is 0 Å². The Morgan fingerprint density at radius 1 is 1.22 bits per heavy atom. The number of allylic oxidation sites excluding steroid dienone is 1. The van der Waals surface area contributed by atoms with Crippen LogP contribution >= 0.6 is 23.4 Å². The average Bonchev–Trinajstić information content (AvgIpc) is 3.36. The second-order valence-corrected chi connectivity index (χ2v) is 8.36. The topological polar surface area (TPSA) is 63.6 Å². The van der Waals surface area contributed by atoms with Crippen LogP contribution in [-0.4, -0.2) is 34.0 Å². The van der Waals surface area contributed by atoms with Gasteiger partial charge in [-0.15, -0.1) is 23.4 Å². The van der Waals surface area contributed by atoms with Gasteiger partial charge in [0.25, 0.3) is 5.91 Å². The van der Waals surface area contributed by atoms with Gasteiger partial charge in [-0.2, -0.15) is 0 Å². The third-order valence-electron chi connectivity index (χ3n) is 4.40. The normalized spacial score (nSPS) is 21.4. The van der Waals surface area contributed by atoms with Crippen molar-refractivity contribution in [3.63, 3.8) is 0 Å². The van der Waals surface area contributed by atoms with Gasteiger partial charge in [-0.05, 0) is 35.7 Å². The van der Waals surface area contributed by atoms with E-state index in [0.29, 0.717) is 17.9 Å². The Balaban J connectivity index is 1.35. The SMILES string of the molecule is O=C(NCC1CC(c2cccc(-c3ccncc3)c2)=NO1)C1=CCC(Cl)S1. The first-order valence-corrected chi connectivity index (χ1v) is 10.0. The molecule has 0 aliphatic carbocycles. The summed E-state index contributed by atoms with van der Waals surface area (Å²) in [5.41, 5.74) is 4.13. The van der Waals surface area contributed by atoms with E-state index >= 15 is 0 Å². The number of rotatable bonds is 5. The Bertz CT molecular complexity index is 901. The molecule has 1 aromatic carbocycles. The predicted molar refractivity (Wildman–Crippen MR) is 109 cm³/mol. The second-order valence-electron chi connectivity index (χ2n) is 6.33. The summed E-state index contributed by atoms with van der Waals surface area (Å²) in [5, 5.41) is 7.13. The van der Waals surface area contributed by atoms with Gasteiger partial charge in [-0.1, -0.05) is 29.4 Å². The van der Waals surface area contributed by atoms with Gasteiger partial charge in [0, 0.05) is 24.4 Å². The van der Waals surface area contributed by atoms with Gasteiger partial charge in [-0.3, -0.25) is 9.78 Å². The molecule has 2 aliphatic rings. The van der Waals surface area contributed by atoms with Crippen LogP contribution in [0.3, 0.4) is 0 Å². The van der Waals surface area contributed by atoms with Crippen LogP contribution in [0.25, 0.3) is 11.1 Å². The molecule has 1 aromatic heterocycles. The largest absolute Gasteiger partial charge is 0.390 e. The highest BCUT2D eigenvalue weighted by atomic mass is 35.5. The molecule has 2 atom stereocenters. The maximum absolute atomic E-state index is 12.1. The molecule has 2 aliphatic heterocycles. The third kappa shape index (κ3) is 4.34. The van der Waals surface area contributed by atoms with Crippen molar-refractivity contribution in [2.45, 2.75) is 23.7 Å². The Hall–Kier alpha value is -2.31. The van der Waals surface area contributed by atoms with Crippen molar-refractivity contribution in [1.82, 2.24) is 10.3 Å². The van der Waals surface area contributed by atoms with Crippen molar-refractivity contribution < 1.29 is 9.63 Å². The number of oxime groups is 1. The molecule has 27 heavy (non-hydrogen) atoms. The highest BCUT2D eigenvalue weighted by Crippen LogP contribution is 2.34. The lowest BCUT2D eigenvalue weighted by atomic mass is 9.99. The molecule has 0 spiro atoms. The molecule has 0 saturated carbocycles. The molecular formula is C20H18ClN3O2S. The predicted octanol–water partition coefficient (Wildman–Crippen LogP) is 3.94. The molecule has 0 saturated heterocycles. The Morgan fingerprint density at radius 3 is 2.81 bits per heavy atom. The van der Waals surface area contributed by atoms with Gasteiger partial charge < -0.3 is 10.2 Å². The molecule has 3 heterocycles. The molecule has 4 rings (SSSR count). The number of amides is 1. The molecule has 1 N–H and O–H groups in total. The molecular weight excluding hydrogens is 382 g/mol. The van der Waals surface area contributed by atoms with Crippen molar-refractivity contribution in [2.24, 2.45) is 5.16 Å². The van der Waals surface area contributed by atoms with Crippen LogP contribution < -0.4 is 5.32 Å². The number of pyridine rings is 1. The third-order valence-corrected chi connectivity index (χ3v) is 5.90. The summed E-state index contributed by atoms with van der Waals surface area (Å²) < 4.78 is -0.0453. The lowest BCUT2D eigenvalue weighted by Crippen LogP contribution is -2.32. The van der Waals surface area contributed by atoms with Crippen molar-refractivity contribution in [1.29, 1.82) is 0 Å². The van der Waals surface area contributed by atoms with Gasteiger partial charge in [-0.25, -0.2) is 0 Å². The standard InChI is InChI=1S/C20H18ClN3O2S/c21-19-5-4-18(27-19)20(25)23-12-16-11-17(24-26-16)15-3-1-2-14(10-15)13-6-8-22-9-7-13/h1-4,6-10,16,19H,5,11-12H2,(H,23,25). The van der Waals surface area contributed by atoms with E-state index in [2.05, 4.69) is 27.6 Å². The molecule has 0 fully saturated rings. The van der Waals surface area contributed by atoms with Gasteiger partial charge in [0.1, 0.15) is 6.10 Å². The number of carbonyl (C=O) groups is 1. The quantitative estimate of drug-likeness (QED) is 0.773. The Labute approximate surface area is 166 Å². The number of carbonyl (C=O) groups excluding carboxylic acids is 1. The van der Waals surface area contributed by atoms with Crippen LogP contribution in [0.4, 0.5) is 0 Å². The van der Waals surface area contributed by atoms with Gasteiger partial charge in [0.05, 0.1) is 21.9 Å². The zero-order chi connectivity index (χ0) is 18.6. The fourth-order valence-corrected chi connectivity index (χ4v) is 4.22. The Kier molecular flexibility index (Phi) is 5.45. The monoisotopic (exact) mass is 399 g/mol. The number of aromatic nitrogens is 1. The number of hydrogen-bond acceptors (Lipinski definition) is 5. The maximum atomic E-state index is 12.1. The summed E-state index contributed by atoms with van der Waals surface area (Å²) in [6, 6.07) is 12.1. The number of halogens is 1. The molecule has 1 amide bonds. The van der Waals surface area contributed by atoms with Crippen molar-refractivity contribution in [3.05, 3.63) is 65.3 Å². The highest BCUT2D eigenvalue weighted by Gasteiger charge is 2.25. The van der Waals surface area contributed by atoms with E-state index in [-0.39, 0.29) is 16.7 Å². The van der Waals surface area contributed by atoms with Crippen LogP contribution in [0.1, 0.15) is 18.4 Å². The smallest absolute Gasteiger partial charge is 0.257 e. The van der Waals surface area contributed by atoms with Crippen LogP contribution in [0, 0.1) is 0 Å². The molecule has 2 unspecified atom stereocenters. The van der Waals surface area contributed by atoms with Crippen LogP contribution in [-0.2, 0) is 9.63 Å². The van der Waals surface area contributed by atoms with E-state index in [1.807, 2.05) is 30.3 Å². The molecule has 138 valence electrons. The number of alkyl halides is 1.